The third-order valence-corrected chi connectivity index (χ3v) is 3.44. The normalized spacial score (nSPS) is 19.7. The number of rotatable bonds is 5. The van der Waals surface area contributed by atoms with Gasteiger partial charge in [0.2, 0.25) is 0 Å². The lowest BCUT2D eigenvalue weighted by Gasteiger charge is -2.39. The minimum atomic E-state index is -0.909. The minimum absolute atomic E-state index is 0.349. The fraction of sp³-hybridized carbons (Fsp3) is 0.917. The molecular formula is C12H24N2O2. The van der Waals surface area contributed by atoms with E-state index in [9.17, 15) is 4.79 Å². The topological polar surface area (TPSA) is 61.4 Å². The SMILES string of the molecule is CC(C)CC1(CCNC(=O)O)CCNCC1. The van der Waals surface area contributed by atoms with Crippen LogP contribution in [0.5, 0.6) is 0 Å². The Morgan fingerprint density at radius 1 is 1.44 bits per heavy atom. The van der Waals surface area contributed by atoms with Crippen LogP contribution in [0, 0.1) is 11.3 Å². The van der Waals surface area contributed by atoms with Crippen molar-refractivity contribution in [1.29, 1.82) is 0 Å². The monoisotopic (exact) mass is 228 g/mol. The molecule has 0 unspecified atom stereocenters. The number of nitrogens with one attached hydrogen (secondary N) is 2. The summed E-state index contributed by atoms with van der Waals surface area (Å²) >= 11 is 0. The number of hydrogen-bond acceptors (Lipinski definition) is 2. The number of hydrogen-bond donors (Lipinski definition) is 3. The summed E-state index contributed by atoms with van der Waals surface area (Å²) in [5, 5.41) is 14.4. The number of amides is 1. The Morgan fingerprint density at radius 3 is 2.56 bits per heavy atom. The highest BCUT2D eigenvalue weighted by molar-refractivity contribution is 5.64. The zero-order valence-electron chi connectivity index (χ0n) is 10.4. The fourth-order valence-corrected chi connectivity index (χ4v) is 2.81. The van der Waals surface area contributed by atoms with Crippen LogP contribution in [0.25, 0.3) is 0 Å². The third-order valence-electron chi connectivity index (χ3n) is 3.44. The molecule has 1 heterocycles. The van der Waals surface area contributed by atoms with Crippen molar-refractivity contribution in [1.82, 2.24) is 10.6 Å². The van der Waals surface area contributed by atoms with Crippen molar-refractivity contribution in [3.05, 3.63) is 0 Å². The van der Waals surface area contributed by atoms with Gasteiger partial charge in [-0.25, -0.2) is 4.79 Å². The van der Waals surface area contributed by atoms with Crippen LogP contribution in [-0.4, -0.2) is 30.8 Å². The van der Waals surface area contributed by atoms with E-state index in [1.165, 1.54) is 19.3 Å². The van der Waals surface area contributed by atoms with Gasteiger partial charge in [0.15, 0.2) is 0 Å². The van der Waals surface area contributed by atoms with Gasteiger partial charge in [0, 0.05) is 6.54 Å². The van der Waals surface area contributed by atoms with E-state index in [0.717, 1.165) is 19.5 Å². The predicted octanol–water partition coefficient (Wildman–Crippen LogP) is 2.06. The minimum Gasteiger partial charge on any atom is -0.465 e. The molecule has 0 aromatic rings. The van der Waals surface area contributed by atoms with Crippen molar-refractivity contribution in [3.63, 3.8) is 0 Å². The first-order valence-electron chi connectivity index (χ1n) is 6.22. The first-order valence-corrected chi connectivity index (χ1v) is 6.22. The van der Waals surface area contributed by atoms with E-state index in [2.05, 4.69) is 24.5 Å². The fourth-order valence-electron chi connectivity index (χ4n) is 2.81. The van der Waals surface area contributed by atoms with E-state index in [1.54, 1.807) is 0 Å². The first kappa shape index (κ1) is 13.3. The van der Waals surface area contributed by atoms with Crippen molar-refractivity contribution in [2.24, 2.45) is 11.3 Å². The third kappa shape index (κ3) is 4.39. The molecule has 0 bridgehead atoms. The van der Waals surface area contributed by atoms with Gasteiger partial charge in [0.1, 0.15) is 0 Å². The molecule has 0 atom stereocenters. The Bertz CT molecular complexity index is 223. The van der Waals surface area contributed by atoms with Crippen molar-refractivity contribution in [3.8, 4) is 0 Å². The highest BCUT2D eigenvalue weighted by atomic mass is 16.4. The average Bonchev–Trinajstić information content (AvgIpc) is 2.17. The van der Waals surface area contributed by atoms with Crippen LogP contribution in [0.3, 0.4) is 0 Å². The van der Waals surface area contributed by atoms with Gasteiger partial charge in [-0.3, -0.25) is 0 Å². The smallest absolute Gasteiger partial charge is 0.404 e. The number of carboxylic acid groups (broad SMARTS) is 1. The zero-order chi connectivity index (χ0) is 12.0. The summed E-state index contributed by atoms with van der Waals surface area (Å²) in [6, 6.07) is 0. The largest absolute Gasteiger partial charge is 0.465 e. The summed E-state index contributed by atoms with van der Waals surface area (Å²) in [6.45, 7) is 7.21. The lowest BCUT2D eigenvalue weighted by atomic mass is 9.71. The maximum atomic E-state index is 10.4. The molecule has 0 saturated carbocycles. The summed E-state index contributed by atoms with van der Waals surface area (Å²) in [4.78, 5) is 10.4. The number of piperidine rings is 1. The molecule has 0 spiro atoms. The maximum Gasteiger partial charge on any atom is 0.404 e. The van der Waals surface area contributed by atoms with Crippen LogP contribution in [0.2, 0.25) is 0 Å². The standard InChI is InChI=1S/C12H24N2O2/c1-10(2)9-12(3-6-13-7-4-12)5-8-14-11(15)16/h10,13-14H,3-9H2,1-2H3,(H,15,16). The van der Waals surface area contributed by atoms with Gasteiger partial charge in [0.05, 0.1) is 0 Å². The molecule has 0 aliphatic carbocycles. The molecular weight excluding hydrogens is 204 g/mol. The van der Waals surface area contributed by atoms with Gasteiger partial charge in [-0.1, -0.05) is 13.8 Å². The zero-order valence-corrected chi connectivity index (χ0v) is 10.4. The van der Waals surface area contributed by atoms with Gasteiger partial charge < -0.3 is 15.7 Å². The van der Waals surface area contributed by atoms with E-state index < -0.39 is 6.09 Å². The Hall–Kier alpha value is -0.770. The van der Waals surface area contributed by atoms with Gasteiger partial charge in [-0.2, -0.15) is 0 Å². The van der Waals surface area contributed by atoms with Crippen LogP contribution < -0.4 is 10.6 Å². The van der Waals surface area contributed by atoms with Crippen molar-refractivity contribution in [2.75, 3.05) is 19.6 Å². The molecule has 1 saturated heterocycles. The van der Waals surface area contributed by atoms with Gasteiger partial charge >= 0.3 is 6.09 Å². The van der Waals surface area contributed by atoms with Crippen LogP contribution in [0.4, 0.5) is 4.79 Å². The molecule has 1 fully saturated rings. The summed E-state index contributed by atoms with van der Waals surface area (Å²) in [5.74, 6) is 0.683. The second kappa shape index (κ2) is 6.09. The summed E-state index contributed by atoms with van der Waals surface area (Å²) in [7, 11) is 0. The molecule has 16 heavy (non-hydrogen) atoms. The van der Waals surface area contributed by atoms with E-state index in [0.29, 0.717) is 17.9 Å². The van der Waals surface area contributed by atoms with Crippen molar-refractivity contribution < 1.29 is 9.90 Å². The lowest BCUT2D eigenvalue weighted by Crippen LogP contribution is -2.40. The summed E-state index contributed by atoms with van der Waals surface area (Å²) < 4.78 is 0. The van der Waals surface area contributed by atoms with Crippen molar-refractivity contribution in [2.45, 2.75) is 39.5 Å². The van der Waals surface area contributed by atoms with Gasteiger partial charge in [0.25, 0.3) is 0 Å². The molecule has 1 amide bonds. The van der Waals surface area contributed by atoms with E-state index >= 15 is 0 Å². The van der Waals surface area contributed by atoms with Crippen LogP contribution in [0.15, 0.2) is 0 Å². The van der Waals surface area contributed by atoms with Gasteiger partial charge in [-0.15, -0.1) is 0 Å². The Labute approximate surface area is 97.8 Å². The molecule has 1 rings (SSSR count). The Kier molecular flexibility index (Phi) is 5.06. The summed E-state index contributed by atoms with van der Waals surface area (Å²) in [6.07, 6.45) is 3.61. The molecule has 3 N–H and O–H groups in total. The Morgan fingerprint density at radius 2 is 2.06 bits per heavy atom. The lowest BCUT2D eigenvalue weighted by molar-refractivity contribution is 0.143. The Balaban J connectivity index is 2.45. The number of carbonyl (C=O) groups is 1. The molecule has 1 aliphatic heterocycles. The first-order chi connectivity index (χ1) is 7.54. The molecule has 1 aliphatic rings. The second-order valence-electron chi connectivity index (χ2n) is 5.33. The predicted molar refractivity (Wildman–Crippen MR) is 64.6 cm³/mol. The molecule has 94 valence electrons. The van der Waals surface area contributed by atoms with Crippen LogP contribution >= 0.6 is 0 Å². The average molecular weight is 228 g/mol. The highest BCUT2D eigenvalue weighted by Crippen LogP contribution is 2.38. The molecule has 4 nitrogen and oxygen atoms in total. The van der Waals surface area contributed by atoms with E-state index in [4.69, 9.17) is 5.11 Å². The molecule has 0 aromatic carbocycles. The van der Waals surface area contributed by atoms with Crippen LogP contribution in [0.1, 0.15) is 39.5 Å². The van der Waals surface area contributed by atoms with Gasteiger partial charge in [-0.05, 0) is 50.1 Å². The molecule has 0 radical (unpaired) electrons. The van der Waals surface area contributed by atoms with Crippen molar-refractivity contribution >= 4 is 6.09 Å². The second-order valence-corrected chi connectivity index (χ2v) is 5.33. The molecule has 4 heteroatoms. The van der Waals surface area contributed by atoms with Crippen LogP contribution in [-0.2, 0) is 0 Å². The van der Waals surface area contributed by atoms with E-state index in [1.807, 2.05) is 0 Å². The highest BCUT2D eigenvalue weighted by Gasteiger charge is 2.32. The summed E-state index contributed by atoms with van der Waals surface area (Å²) in [5.41, 5.74) is 0.349. The molecule has 0 aromatic heterocycles. The quantitative estimate of drug-likeness (QED) is 0.675. The maximum absolute atomic E-state index is 10.4. The van der Waals surface area contributed by atoms with E-state index in [-0.39, 0.29) is 0 Å².